The first-order valence-corrected chi connectivity index (χ1v) is 10.4. The smallest absolute Gasteiger partial charge is 0.269 e. The van der Waals surface area contributed by atoms with Gasteiger partial charge in [-0.05, 0) is 29.1 Å². The van der Waals surface area contributed by atoms with E-state index in [9.17, 15) is 14.4 Å². The summed E-state index contributed by atoms with van der Waals surface area (Å²) < 4.78 is 25.6. The standard InChI is InChI=1S/C22H19FN4O4S/c1-26(13-28)24-22(30)15-7-8-17-16(9-15)10-18(31-12-14-5-3-2-4-6-14)21(20(17)23)27-11-19(29)25-32-27/h2-10,13H,11-12H2,1H3,(H,24,30)(H,25,29). The average molecular weight is 454 g/mol. The van der Waals surface area contributed by atoms with Gasteiger partial charge >= 0.3 is 0 Å². The van der Waals surface area contributed by atoms with Crippen LogP contribution in [0.15, 0.2) is 54.6 Å². The molecule has 1 aliphatic heterocycles. The monoisotopic (exact) mass is 454 g/mol. The van der Waals surface area contributed by atoms with E-state index in [0.717, 1.165) is 22.7 Å². The van der Waals surface area contributed by atoms with Crippen LogP contribution in [0.2, 0.25) is 0 Å². The summed E-state index contributed by atoms with van der Waals surface area (Å²) in [6, 6.07) is 15.5. The highest BCUT2D eigenvalue weighted by molar-refractivity contribution is 7.99. The number of fused-ring (bicyclic) bond motifs is 1. The molecule has 10 heteroatoms. The van der Waals surface area contributed by atoms with Crippen LogP contribution in [0.1, 0.15) is 15.9 Å². The Morgan fingerprint density at radius 3 is 2.75 bits per heavy atom. The molecule has 3 aromatic carbocycles. The Kier molecular flexibility index (Phi) is 6.13. The fourth-order valence-electron chi connectivity index (χ4n) is 3.22. The van der Waals surface area contributed by atoms with E-state index in [1.54, 1.807) is 6.07 Å². The van der Waals surface area contributed by atoms with Crippen molar-refractivity contribution in [2.24, 2.45) is 0 Å². The van der Waals surface area contributed by atoms with Gasteiger partial charge in [-0.25, -0.2) is 4.39 Å². The third-order valence-corrected chi connectivity index (χ3v) is 5.61. The molecular weight excluding hydrogens is 435 g/mol. The molecule has 0 atom stereocenters. The number of ether oxygens (including phenoxy) is 1. The minimum Gasteiger partial charge on any atom is -0.487 e. The Morgan fingerprint density at radius 1 is 1.28 bits per heavy atom. The molecule has 8 nitrogen and oxygen atoms in total. The number of hydrogen-bond donors (Lipinski definition) is 2. The zero-order valence-corrected chi connectivity index (χ0v) is 17.8. The zero-order valence-electron chi connectivity index (χ0n) is 17.0. The summed E-state index contributed by atoms with van der Waals surface area (Å²) in [5.74, 6) is -1.07. The second-order valence-electron chi connectivity index (χ2n) is 7.06. The number of nitrogens with zero attached hydrogens (tertiary/aromatic N) is 2. The largest absolute Gasteiger partial charge is 0.487 e. The van der Waals surface area contributed by atoms with Gasteiger partial charge in [-0.1, -0.05) is 36.4 Å². The van der Waals surface area contributed by atoms with Crippen molar-refractivity contribution in [3.8, 4) is 5.75 Å². The van der Waals surface area contributed by atoms with Crippen molar-refractivity contribution in [1.82, 2.24) is 15.2 Å². The summed E-state index contributed by atoms with van der Waals surface area (Å²) in [6.07, 6.45) is 0.462. The summed E-state index contributed by atoms with van der Waals surface area (Å²) >= 11 is 0.991. The maximum Gasteiger partial charge on any atom is 0.269 e. The van der Waals surface area contributed by atoms with Crippen LogP contribution in [0.3, 0.4) is 0 Å². The van der Waals surface area contributed by atoms with E-state index < -0.39 is 11.7 Å². The van der Waals surface area contributed by atoms with Gasteiger partial charge in [0.05, 0.1) is 12.1 Å². The summed E-state index contributed by atoms with van der Waals surface area (Å²) in [4.78, 5) is 34.8. The Labute approximate surface area is 187 Å². The first-order valence-electron chi connectivity index (χ1n) is 9.61. The lowest BCUT2D eigenvalue weighted by Gasteiger charge is -2.21. The molecule has 1 fully saturated rings. The molecule has 0 aliphatic carbocycles. The lowest BCUT2D eigenvalue weighted by atomic mass is 10.0. The van der Waals surface area contributed by atoms with Crippen LogP contribution in [-0.4, -0.2) is 36.8 Å². The Hall–Kier alpha value is -3.79. The van der Waals surface area contributed by atoms with E-state index in [1.807, 2.05) is 30.3 Å². The van der Waals surface area contributed by atoms with Gasteiger partial charge in [0.2, 0.25) is 6.41 Å². The molecule has 164 valence electrons. The predicted octanol–water partition coefficient (Wildman–Crippen LogP) is 2.79. The van der Waals surface area contributed by atoms with Gasteiger partial charge < -0.3 is 4.74 Å². The number of benzene rings is 3. The molecule has 3 amide bonds. The molecule has 2 N–H and O–H groups in total. The van der Waals surface area contributed by atoms with Gasteiger partial charge in [-0.15, -0.1) is 0 Å². The number of hydrazine groups is 1. The van der Waals surface area contributed by atoms with Crippen molar-refractivity contribution in [3.63, 3.8) is 0 Å². The molecule has 1 aliphatic rings. The van der Waals surface area contributed by atoms with Crippen molar-refractivity contribution >= 4 is 46.8 Å². The molecule has 0 spiro atoms. The number of hydrogen-bond acceptors (Lipinski definition) is 6. The maximum atomic E-state index is 15.6. The number of amides is 3. The van der Waals surface area contributed by atoms with Crippen LogP contribution in [0, 0.1) is 5.82 Å². The first kappa shape index (κ1) is 21.4. The molecule has 0 bridgehead atoms. The van der Waals surface area contributed by atoms with Crippen molar-refractivity contribution in [2.75, 3.05) is 17.9 Å². The Bertz CT molecular complexity index is 1190. The number of rotatable bonds is 7. The minimum atomic E-state index is -0.563. The van der Waals surface area contributed by atoms with Gasteiger partial charge in [0, 0.05) is 18.0 Å². The normalized spacial score (nSPS) is 13.1. The molecule has 1 saturated heterocycles. The van der Waals surface area contributed by atoms with Crippen LogP contribution in [0.25, 0.3) is 10.8 Å². The zero-order chi connectivity index (χ0) is 22.7. The summed E-state index contributed by atoms with van der Waals surface area (Å²) in [6.45, 7) is 0.177. The number of nitrogens with one attached hydrogen (secondary N) is 2. The topological polar surface area (TPSA) is 91.0 Å². The van der Waals surface area contributed by atoms with Gasteiger partial charge in [0.1, 0.15) is 24.6 Å². The second kappa shape index (κ2) is 9.15. The number of carbonyl (C=O) groups is 3. The molecular formula is C22H19FN4O4S. The van der Waals surface area contributed by atoms with E-state index in [4.69, 9.17) is 4.74 Å². The van der Waals surface area contributed by atoms with E-state index in [1.165, 1.54) is 29.6 Å². The molecule has 0 unspecified atom stereocenters. The predicted molar refractivity (Wildman–Crippen MR) is 119 cm³/mol. The fraction of sp³-hybridized carbons (Fsp3) is 0.136. The minimum absolute atomic E-state index is 0.0205. The number of anilines is 1. The van der Waals surface area contributed by atoms with E-state index in [0.29, 0.717) is 11.8 Å². The van der Waals surface area contributed by atoms with Crippen LogP contribution in [0.4, 0.5) is 10.1 Å². The van der Waals surface area contributed by atoms with Crippen LogP contribution >= 0.6 is 12.1 Å². The average Bonchev–Trinajstić information content (AvgIpc) is 3.23. The SMILES string of the molecule is CN(C=O)NC(=O)c1ccc2c(F)c(N3CC(=O)NS3)c(OCc3ccccc3)cc2c1. The van der Waals surface area contributed by atoms with Gasteiger partial charge in [0.15, 0.2) is 5.82 Å². The van der Waals surface area contributed by atoms with Gasteiger partial charge in [0.25, 0.3) is 11.8 Å². The van der Waals surface area contributed by atoms with Crippen LogP contribution in [0.5, 0.6) is 5.75 Å². The fourth-order valence-corrected chi connectivity index (χ4v) is 3.94. The third-order valence-electron chi connectivity index (χ3n) is 4.76. The van der Waals surface area contributed by atoms with E-state index in [2.05, 4.69) is 10.1 Å². The van der Waals surface area contributed by atoms with Gasteiger partial charge in [-0.3, -0.25) is 33.8 Å². The van der Waals surface area contributed by atoms with Crippen LogP contribution < -0.4 is 19.2 Å². The van der Waals surface area contributed by atoms with Gasteiger partial charge in [-0.2, -0.15) is 0 Å². The van der Waals surface area contributed by atoms with E-state index >= 15 is 4.39 Å². The summed E-state index contributed by atoms with van der Waals surface area (Å²) in [5, 5.41) is 1.70. The third kappa shape index (κ3) is 4.45. The second-order valence-corrected chi connectivity index (χ2v) is 7.89. The number of carbonyl (C=O) groups excluding carboxylic acids is 3. The molecule has 0 aromatic heterocycles. The molecule has 3 aromatic rings. The molecule has 4 rings (SSSR count). The first-order chi connectivity index (χ1) is 15.5. The molecule has 32 heavy (non-hydrogen) atoms. The lowest BCUT2D eigenvalue weighted by molar-refractivity contribution is -0.119. The quantitative estimate of drug-likeness (QED) is 0.324. The highest BCUT2D eigenvalue weighted by atomic mass is 32.2. The lowest BCUT2D eigenvalue weighted by Crippen LogP contribution is -2.38. The Morgan fingerprint density at radius 2 is 2.06 bits per heavy atom. The van der Waals surface area contributed by atoms with Crippen molar-refractivity contribution in [2.45, 2.75) is 6.61 Å². The van der Waals surface area contributed by atoms with Crippen molar-refractivity contribution in [3.05, 3.63) is 71.5 Å². The van der Waals surface area contributed by atoms with E-state index in [-0.39, 0.29) is 41.4 Å². The Balaban J connectivity index is 1.74. The van der Waals surface area contributed by atoms with Crippen molar-refractivity contribution in [1.29, 1.82) is 0 Å². The maximum absolute atomic E-state index is 15.6. The summed E-state index contributed by atoms with van der Waals surface area (Å²) in [7, 11) is 1.40. The molecule has 0 saturated carbocycles. The highest BCUT2D eigenvalue weighted by Crippen LogP contribution is 2.41. The van der Waals surface area contributed by atoms with Crippen LogP contribution in [-0.2, 0) is 16.2 Å². The number of halogens is 1. The highest BCUT2D eigenvalue weighted by Gasteiger charge is 2.28. The molecule has 0 radical (unpaired) electrons. The van der Waals surface area contributed by atoms with Crippen molar-refractivity contribution < 1.29 is 23.5 Å². The molecule has 1 heterocycles. The summed E-state index contributed by atoms with van der Waals surface area (Å²) in [5.41, 5.74) is 3.68.